The van der Waals surface area contributed by atoms with Crippen molar-refractivity contribution in [3.05, 3.63) is 56.6 Å². The van der Waals surface area contributed by atoms with Gasteiger partial charge in [0.05, 0.1) is 11.1 Å². The van der Waals surface area contributed by atoms with Gasteiger partial charge in [0, 0.05) is 32.5 Å². The van der Waals surface area contributed by atoms with E-state index in [2.05, 4.69) is 0 Å². The summed E-state index contributed by atoms with van der Waals surface area (Å²) in [6.07, 6.45) is 0. The molecular weight excluding hydrogens is 299 g/mol. The van der Waals surface area contributed by atoms with E-state index in [4.69, 9.17) is 34.7 Å². The second-order valence-corrected chi connectivity index (χ2v) is 5.37. The number of carbonyl (C=O) groups is 2. The van der Waals surface area contributed by atoms with Crippen LogP contribution in [0.15, 0.2) is 24.3 Å². The molecule has 4 nitrogen and oxygen atoms in total. The molecule has 0 amide bonds. The van der Waals surface area contributed by atoms with E-state index in [0.29, 0.717) is 10.0 Å². The predicted molar refractivity (Wildman–Crippen MR) is 78.6 cm³/mol. The molecule has 0 unspecified atom stereocenters. The Morgan fingerprint density at radius 3 is 1.50 bits per heavy atom. The zero-order valence-electron chi connectivity index (χ0n) is 10.0. The van der Waals surface area contributed by atoms with Gasteiger partial charge in [-0.2, -0.15) is 0 Å². The molecule has 0 saturated heterocycles. The molecule has 2 aromatic rings. The summed E-state index contributed by atoms with van der Waals surface area (Å²) in [6, 6.07) is 5.71. The molecule has 0 bridgehead atoms. The van der Waals surface area contributed by atoms with Crippen LogP contribution < -0.4 is 11.5 Å². The first-order chi connectivity index (χ1) is 9.40. The zero-order chi connectivity index (χ0) is 14.6. The Labute approximate surface area is 124 Å². The van der Waals surface area contributed by atoms with E-state index in [1.54, 1.807) is 0 Å². The van der Waals surface area contributed by atoms with E-state index in [1.165, 1.54) is 24.3 Å². The van der Waals surface area contributed by atoms with Gasteiger partial charge in [-0.25, -0.2) is 0 Å². The van der Waals surface area contributed by atoms with Crippen LogP contribution in [0.2, 0.25) is 10.0 Å². The maximum Gasteiger partial charge on any atom is 0.198 e. The van der Waals surface area contributed by atoms with Crippen LogP contribution in [-0.4, -0.2) is 11.6 Å². The minimum atomic E-state index is -0.391. The molecule has 3 rings (SSSR count). The van der Waals surface area contributed by atoms with Crippen LogP contribution in [0.1, 0.15) is 31.8 Å². The molecule has 0 atom stereocenters. The van der Waals surface area contributed by atoms with Gasteiger partial charge in [0.15, 0.2) is 11.6 Å². The average molecular weight is 307 g/mol. The predicted octanol–water partition coefficient (Wildman–Crippen LogP) is 2.93. The molecule has 0 heterocycles. The minimum Gasteiger partial charge on any atom is -0.398 e. The minimum absolute atomic E-state index is 0.140. The first-order valence-electron chi connectivity index (χ1n) is 5.67. The van der Waals surface area contributed by atoms with Gasteiger partial charge >= 0.3 is 0 Å². The molecule has 4 N–H and O–H groups in total. The van der Waals surface area contributed by atoms with Crippen LogP contribution in [0.4, 0.5) is 11.4 Å². The number of carbonyl (C=O) groups excluding carboxylic acids is 2. The summed E-state index contributed by atoms with van der Waals surface area (Å²) in [4.78, 5) is 25.0. The fourth-order valence-electron chi connectivity index (χ4n) is 2.39. The van der Waals surface area contributed by atoms with Gasteiger partial charge < -0.3 is 11.5 Å². The molecule has 0 saturated carbocycles. The van der Waals surface area contributed by atoms with Gasteiger partial charge in [-0.1, -0.05) is 23.2 Å². The lowest BCUT2D eigenvalue weighted by molar-refractivity contribution is 0.0980. The molecule has 2 aromatic carbocycles. The Balaban J connectivity index is 2.40. The topological polar surface area (TPSA) is 86.2 Å². The second-order valence-electron chi connectivity index (χ2n) is 4.49. The summed E-state index contributed by atoms with van der Waals surface area (Å²) in [5.41, 5.74) is 12.6. The fourth-order valence-corrected chi connectivity index (χ4v) is 2.84. The van der Waals surface area contributed by atoms with Crippen molar-refractivity contribution < 1.29 is 9.59 Å². The Morgan fingerprint density at radius 1 is 0.700 bits per heavy atom. The summed E-state index contributed by atoms with van der Waals surface area (Å²) in [7, 11) is 0. The van der Waals surface area contributed by atoms with Crippen LogP contribution in [0.3, 0.4) is 0 Å². The summed E-state index contributed by atoms with van der Waals surface area (Å²) in [5, 5.41) is 0.585. The fraction of sp³-hybridized carbons (Fsp3) is 0. The highest BCUT2D eigenvalue weighted by Gasteiger charge is 2.33. The molecular formula is C14H8Cl2N2O2. The highest BCUT2D eigenvalue weighted by atomic mass is 35.5. The first kappa shape index (κ1) is 13.0. The molecule has 0 spiro atoms. The van der Waals surface area contributed by atoms with Crippen molar-refractivity contribution in [2.45, 2.75) is 0 Å². The number of fused-ring (bicyclic) bond motifs is 2. The summed E-state index contributed by atoms with van der Waals surface area (Å²) in [6.45, 7) is 0. The lowest BCUT2D eigenvalue weighted by Gasteiger charge is -2.20. The Bertz CT molecular complexity index is 737. The van der Waals surface area contributed by atoms with Gasteiger partial charge in [-0.15, -0.1) is 0 Å². The number of hydrogen-bond donors (Lipinski definition) is 2. The van der Waals surface area contributed by atoms with Crippen molar-refractivity contribution in [2.24, 2.45) is 0 Å². The SMILES string of the molecule is Nc1cc(Cl)cc2c1C(=O)c1c(N)cc(Cl)cc1C2=O. The lowest BCUT2D eigenvalue weighted by Crippen LogP contribution is -2.23. The second kappa shape index (κ2) is 4.23. The third-order valence-electron chi connectivity index (χ3n) is 3.21. The van der Waals surface area contributed by atoms with E-state index in [9.17, 15) is 9.59 Å². The van der Waals surface area contributed by atoms with Crippen molar-refractivity contribution in [1.29, 1.82) is 0 Å². The van der Waals surface area contributed by atoms with Crippen LogP contribution in [0, 0.1) is 0 Å². The molecule has 100 valence electrons. The molecule has 0 fully saturated rings. The normalized spacial score (nSPS) is 13.1. The Kier molecular flexibility index (Phi) is 2.74. The van der Waals surface area contributed by atoms with Gasteiger partial charge in [0.2, 0.25) is 0 Å². The van der Waals surface area contributed by atoms with Gasteiger partial charge in [-0.3, -0.25) is 9.59 Å². The number of hydrogen-bond acceptors (Lipinski definition) is 4. The smallest absolute Gasteiger partial charge is 0.198 e. The molecule has 20 heavy (non-hydrogen) atoms. The van der Waals surface area contributed by atoms with Crippen molar-refractivity contribution in [3.63, 3.8) is 0 Å². The zero-order valence-corrected chi connectivity index (χ0v) is 11.5. The Morgan fingerprint density at radius 2 is 1.10 bits per heavy atom. The van der Waals surface area contributed by atoms with E-state index in [-0.39, 0.29) is 39.4 Å². The molecule has 1 aliphatic carbocycles. The quantitative estimate of drug-likeness (QED) is 0.625. The summed E-state index contributed by atoms with van der Waals surface area (Å²) < 4.78 is 0. The molecule has 1 aliphatic rings. The van der Waals surface area contributed by atoms with Gasteiger partial charge in [0.1, 0.15) is 0 Å². The highest BCUT2D eigenvalue weighted by molar-refractivity contribution is 6.37. The molecule has 0 aliphatic heterocycles. The Hall–Kier alpha value is -2.04. The molecule has 0 aromatic heterocycles. The van der Waals surface area contributed by atoms with Crippen molar-refractivity contribution in [1.82, 2.24) is 0 Å². The maximum atomic E-state index is 12.5. The van der Waals surface area contributed by atoms with Crippen LogP contribution in [-0.2, 0) is 0 Å². The number of halogens is 2. The van der Waals surface area contributed by atoms with Crippen molar-refractivity contribution >= 4 is 46.1 Å². The van der Waals surface area contributed by atoms with E-state index in [0.717, 1.165) is 0 Å². The third kappa shape index (κ3) is 1.69. The number of nitrogen functional groups attached to an aromatic ring is 2. The monoisotopic (exact) mass is 306 g/mol. The number of anilines is 2. The van der Waals surface area contributed by atoms with Crippen LogP contribution >= 0.6 is 23.2 Å². The van der Waals surface area contributed by atoms with Crippen LogP contribution in [0.5, 0.6) is 0 Å². The lowest BCUT2D eigenvalue weighted by atomic mass is 9.82. The molecule has 6 heteroatoms. The third-order valence-corrected chi connectivity index (χ3v) is 3.65. The van der Waals surface area contributed by atoms with Gasteiger partial charge in [-0.05, 0) is 24.3 Å². The van der Waals surface area contributed by atoms with Crippen molar-refractivity contribution in [2.75, 3.05) is 11.5 Å². The van der Waals surface area contributed by atoms with E-state index >= 15 is 0 Å². The number of rotatable bonds is 0. The number of ketones is 2. The number of nitrogens with two attached hydrogens (primary N) is 2. The van der Waals surface area contributed by atoms with E-state index < -0.39 is 5.78 Å². The van der Waals surface area contributed by atoms with Crippen LogP contribution in [0.25, 0.3) is 0 Å². The average Bonchev–Trinajstić information content (AvgIpc) is 2.34. The summed E-state index contributed by atoms with van der Waals surface area (Å²) >= 11 is 11.8. The largest absolute Gasteiger partial charge is 0.398 e. The van der Waals surface area contributed by atoms with Crippen molar-refractivity contribution in [3.8, 4) is 0 Å². The number of benzene rings is 2. The highest BCUT2D eigenvalue weighted by Crippen LogP contribution is 2.36. The summed E-state index contributed by atoms with van der Waals surface area (Å²) in [5.74, 6) is -0.754. The first-order valence-corrected chi connectivity index (χ1v) is 6.43. The van der Waals surface area contributed by atoms with E-state index in [1.807, 2.05) is 0 Å². The maximum absolute atomic E-state index is 12.5. The molecule has 0 radical (unpaired) electrons. The van der Waals surface area contributed by atoms with Gasteiger partial charge in [0.25, 0.3) is 0 Å². The standard InChI is InChI=1S/C14H8Cl2N2O2/c15-5-1-7-11(9(17)3-5)14(20)12-8(13(7)19)2-6(16)4-10(12)18/h1-4H,17-18H2.